The molecule has 0 heterocycles. The summed E-state index contributed by atoms with van der Waals surface area (Å²) in [5, 5.41) is 3.91. The number of halogens is 2. The average Bonchev–Trinajstić information content (AvgIpc) is 2.85. The van der Waals surface area contributed by atoms with Gasteiger partial charge < -0.3 is 5.32 Å². The predicted octanol–water partition coefficient (Wildman–Crippen LogP) is 4.83. The topological polar surface area (TPSA) is 12.0 Å². The molecule has 0 radical (unpaired) electrons. The van der Waals surface area contributed by atoms with Crippen molar-refractivity contribution < 1.29 is 4.39 Å². The van der Waals surface area contributed by atoms with Crippen LogP contribution in [0.4, 0.5) is 4.39 Å². The average molecular weight is 298 g/mol. The third kappa shape index (κ3) is 4.20. The van der Waals surface area contributed by atoms with E-state index in [4.69, 9.17) is 11.6 Å². The van der Waals surface area contributed by atoms with Crippen molar-refractivity contribution in [1.82, 2.24) is 5.32 Å². The van der Waals surface area contributed by atoms with Gasteiger partial charge in [0.1, 0.15) is 5.82 Å². The van der Waals surface area contributed by atoms with Crippen LogP contribution < -0.4 is 5.32 Å². The minimum atomic E-state index is -0.331. The Hall–Kier alpha value is -0.600. The monoisotopic (exact) mass is 297 g/mol. The van der Waals surface area contributed by atoms with E-state index in [1.807, 2.05) is 6.07 Å². The third-order valence-electron chi connectivity index (χ3n) is 4.40. The van der Waals surface area contributed by atoms with E-state index in [-0.39, 0.29) is 10.8 Å². The van der Waals surface area contributed by atoms with E-state index >= 15 is 0 Å². The van der Waals surface area contributed by atoms with Crippen LogP contribution in [0.5, 0.6) is 0 Å². The largest absolute Gasteiger partial charge is 0.313 e. The van der Waals surface area contributed by atoms with Gasteiger partial charge in [0.15, 0.2) is 0 Å². The third-order valence-corrected chi connectivity index (χ3v) is 4.69. The first-order valence-corrected chi connectivity index (χ1v) is 8.15. The molecule has 0 aliphatic heterocycles. The van der Waals surface area contributed by atoms with Crippen molar-refractivity contribution in [3.8, 4) is 0 Å². The molecule has 3 heteroatoms. The molecule has 1 nitrogen and oxygen atoms in total. The van der Waals surface area contributed by atoms with Crippen LogP contribution in [0.3, 0.4) is 0 Å². The van der Waals surface area contributed by atoms with Gasteiger partial charge in [0, 0.05) is 6.04 Å². The Balaban J connectivity index is 2.04. The van der Waals surface area contributed by atoms with Gasteiger partial charge in [0.2, 0.25) is 0 Å². The van der Waals surface area contributed by atoms with Gasteiger partial charge >= 0.3 is 0 Å². The molecule has 1 aliphatic rings. The van der Waals surface area contributed by atoms with Gasteiger partial charge in [0.25, 0.3) is 0 Å². The van der Waals surface area contributed by atoms with E-state index in [1.165, 1.54) is 25.3 Å². The zero-order chi connectivity index (χ0) is 14.5. The van der Waals surface area contributed by atoms with Gasteiger partial charge in [0.05, 0.1) is 5.02 Å². The van der Waals surface area contributed by atoms with Crippen LogP contribution in [0.2, 0.25) is 5.02 Å². The Labute approximate surface area is 126 Å². The maximum atomic E-state index is 13.2. The van der Waals surface area contributed by atoms with Crippen LogP contribution in [0, 0.1) is 17.7 Å². The highest BCUT2D eigenvalue weighted by atomic mass is 35.5. The predicted molar refractivity (Wildman–Crippen MR) is 83.7 cm³/mol. The van der Waals surface area contributed by atoms with Crippen molar-refractivity contribution >= 4 is 11.6 Å². The summed E-state index contributed by atoms with van der Waals surface area (Å²) in [4.78, 5) is 0. The smallest absolute Gasteiger partial charge is 0.141 e. The lowest BCUT2D eigenvalue weighted by molar-refractivity contribution is 0.348. The Morgan fingerprint density at radius 2 is 2.20 bits per heavy atom. The van der Waals surface area contributed by atoms with E-state index < -0.39 is 0 Å². The van der Waals surface area contributed by atoms with E-state index in [2.05, 4.69) is 19.2 Å². The molecule has 0 spiro atoms. The molecule has 20 heavy (non-hydrogen) atoms. The van der Waals surface area contributed by atoms with E-state index in [0.29, 0.717) is 6.04 Å². The van der Waals surface area contributed by atoms with Crippen LogP contribution in [-0.2, 0) is 6.42 Å². The van der Waals surface area contributed by atoms with Gasteiger partial charge in [-0.1, -0.05) is 37.9 Å². The SMILES string of the molecule is CCCNC(Cc1ccc(F)c(Cl)c1)C1CCC(C)C1. The molecule has 3 atom stereocenters. The highest BCUT2D eigenvalue weighted by Crippen LogP contribution is 2.34. The molecule has 1 saturated carbocycles. The van der Waals surface area contributed by atoms with Crippen LogP contribution in [0.15, 0.2) is 18.2 Å². The zero-order valence-electron chi connectivity index (χ0n) is 12.5. The van der Waals surface area contributed by atoms with Crippen LogP contribution in [-0.4, -0.2) is 12.6 Å². The van der Waals surface area contributed by atoms with Crippen molar-refractivity contribution in [1.29, 1.82) is 0 Å². The van der Waals surface area contributed by atoms with Gasteiger partial charge in [-0.05, 0) is 61.8 Å². The molecule has 0 aromatic heterocycles. The van der Waals surface area contributed by atoms with Gasteiger partial charge in [-0.15, -0.1) is 0 Å². The first-order valence-electron chi connectivity index (χ1n) is 7.77. The lowest BCUT2D eigenvalue weighted by atomic mass is 9.91. The summed E-state index contributed by atoms with van der Waals surface area (Å²) in [6.07, 6.45) is 6.02. The fourth-order valence-corrected chi connectivity index (χ4v) is 3.48. The standard InChI is InChI=1S/C17H25ClFN/c1-3-8-20-17(14-6-4-12(2)9-14)11-13-5-7-16(19)15(18)10-13/h5,7,10,12,14,17,20H,3-4,6,8-9,11H2,1-2H3. The molecule has 2 rings (SSSR count). The van der Waals surface area contributed by atoms with Crippen molar-refractivity contribution in [2.75, 3.05) is 6.54 Å². The normalized spacial score (nSPS) is 24.0. The number of hydrogen-bond donors (Lipinski definition) is 1. The molecule has 112 valence electrons. The molecule has 0 bridgehead atoms. The maximum absolute atomic E-state index is 13.2. The summed E-state index contributed by atoms with van der Waals surface area (Å²) in [6.45, 7) is 5.58. The summed E-state index contributed by atoms with van der Waals surface area (Å²) in [5.41, 5.74) is 1.13. The number of hydrogen-bond acceptors (Lipinski definition) is 1. The highest BCUT2D eigenvalue weighted by molar-refractivity contribution is 6.30. The Bertz CT molecular complexity index is 435. The van der Waals surface area contributed by atoms with Crippen molar-refractivity contribution in [3.05, 3.63) is 34.6 Å². The first-order chi connectivity index (χ1) is 9.60. The second kappa shape index (κ2) is 7.42. The Morgan fingerprint density at radius 1 is 1.40 bits per heavy atom. The van der Waals surface area contributed by atoms with Crippen LogP contribution in [0.1, 0.15) is 45.1 Å². The molecule has 1 aromatic rings. The fraction of sp³-hybridized carbons (Fsp3) is 0.647. The maximum Gasteiger partial charge on any atom is 0.141 e. The van der Waals surface area contributed by atoms with Gasteiger partial charge in [-0.2, -0.15) is 0 Å². The summed E-state index contributed by atoms with van der Waals surface area (Å²) >= 11 is 5.89. The molecule has 0 saturated heterocycles. The quantitative estimate of drug-likeness (QED) is 0.793. The Kier molecular flexibility index (Phi) is 5.86. The first kappa shape index (κ1) is 15.8. The minimum Gasteiger partial charge on any atom is -0.313 e. The molecule has 0 amide bonds. The summed E-state index contributed by atoms with van der Waals surface area (Å²) < 4.78 is 13.2. The molecule has 1 aliphatic carbocycles. The molecule has 1 N–H and O–H groups in total. The van der Waals surface area contributed by atoms with E-state index in [9.17, 15) is 4.39 Å². The van der Waals surface area contributed by atoms with Crippen LogP contribution in [0.25, 0.3) is 0 Å². The van der Waals surface area contributed by atoms with Crippen molar-refractivity contribution in [3.63, 3.8) is 0 Å². The lowest BCUT2D eigenvalue weighted by Gasteiger charge is -2.25. The van der Waals surface area contributed by atoms with Crippen molar-refractivity contribution in [2.45, 2.75) is 52.0 Å². The lowest BCUT2D eigenvalue weighted by Crippen LogP contribution is -2.37. The molecular weight excluding hydrogens is 273 g/mol. The number of nitrogens with one attached hydrogen (secondary N) is 1. The summed E-state index contributed by atoms with van der Waals surface area (Å²) in [7, 11) is 0. The summed E-state index contributed by atoms with van der Waals surface area (Å²) in [5.74, 6) is 1.24. The minimum absolute atomic E-state index is 0.233. The highest BCUT2D eigenvalue weighted by Gasteiger charge is 2.28. The molecule has 1 aromatic carbocycles. The van der Waals surface area contributed by atoms with Crippen LogP contribution >= 0.6 is 11.6 Å². The second-order valence-electron chi connectivity index (χ2n) is 6.19. The van der Waals surface area contributed by atoms with E-state index in [1.54, 1.807) is 6.07 Å². The zero-order valence-corrected chi connectivity index (χ0v) is 13.2. The molecule has 3 unspecified atom stereocenters. The van der Waals surface area contributed by atoms with E-state index in [0.717, 1.165) is 36.8 Å². The fourth-order valence-electron chi connectivity index (χ4n) is 3.27. The van der Waals surface area contributed by atoms with Gasteiger partial charge in [-0.25, -0.2) is 4.39 Å². The molecular formula is C17H25ClFN. The summed E-state index contributed by atoms with van der Waals surface area (Å²) in [6, 6.07) is 5.60. The number of benzene rings is 1. The second-order valence-corrected chi connectivity index (χ2v) is 6.60. The molecule has 1 fully saturated rings. The van der Waals surface area contributed by atoms with Crippen molar-refractivity contribution in [2.24, 2.45) is 11.8 Å². The number of rotatable bonds is 6. The Morgan fingerprint density at radius 3 is 2.80 bits per heavy atom. The van der Waals surface area contributed by atoms with Gasteiger partial charge in [-0.3, -0.25) is 0 Å².